The molecule has 5 nitrogen and oxygen atoms in total. The predicted octanol–water partition coefficient (Wildman–Crippen LogP) is 2.15. The third-order valence-corrected chi connectivity index (χ3v) is 2.61. The molecule has 0 spiro atoms. The lowest BCUT2D eigenvalue weighted by atomic mass is 10.3. The van der Waals surface area contributed by atoms with Crippen molar-refractivity contribution < 1.29 is 4.92 Å². The van der Waals surface area contributed by atoms with Crippen molar-refractivity contribution in [1.82, 2.24) is 4.98 Å². The van der Waals surface area contributed by atoms with Gasteiger partial charge in [0.1, 0.15) is 11.9 Å². The van der Waals surface area contributed by atoms with Crippen molar-refractivity contribution in [3.8, 4) is 0 Å². The van der Waals surface area contributed by atoms with Gasteiger partial charge in [-0.05, 0) is 35.2 Å². The van der Waals surface area contributed by atoms with Gasteiger partial charge in [0.2, 0.25) is 0 Å². The van der Waals surface area contributed by atoms with Crippen LogP contribution in [0.1, 0.15) is 6.92 Å². The molecule has 0 aromatic carbocycles. The van der Waals surface area contributed by atoms with Gasteiger partial charge >= 0.3 is 5.82 Å². The molecule has 0 saturated heterocycles. The summed E-state index contributed by atoms with van der Waals surface area (Å²) in [6.45, 7) is 1.98. The first-order valence-electron chi connectivity index (χ1n) is 4.50. The highest BCUT2D eigenvalue weighted by molar-refractivity contribution is 7.98. The predicted molar refractivity (Wildman–Crippen MR) is 62.4 cm³/mol. The molecule has 1 aromatic heterocycles. The van der Waals surface area contributed by atoms with E-state index in [0.717, 1.165) is 5.75 Å². The van der Waals surface area contributed by atoms with Crippen LogP contribution in [0.2, 0.25) is 0 Å². The Morgan fingerprint density at radius 1 is 1.73 bits per heavy atom. The first-order chi connectivity index (χ1) is 7.15. The zero-order valence-electron chi connectivity index (χ0n) is 8.64. The number of anilines is 1. The summed E-state index contributed by atoms with van der Waals surface area (Å²) in [6.07, 6.45) is 3.42. The number of pyridine rings is 1. The lowest BCUT2D eigenvalue weighted by Gasteiger charge is -2.13. The van der Waals surface area contributed by atoms with Crippen molar-refractivity contribution in [2.75, 3.05) is 17.3 Å². The Bertz CT molecular complexity index is 346. The highest BCUT2D eigenvalue weighted by Gasteiger charge is 2.15. The van der Waals surface area contributed by atoms with E-state index in [1.165, 1.54) is 6.20 Å². The minimum Gasteiger partial charge on any atom is -0.375 e. The molecule has 0 aliphatic carbocycles. The number of hydrogen-bond acceptors (Lipinski definition) is 5. The van der Waals surface area contributed by atoms with Crippen molar-refractivity contribution in [2.24, 2.45) is 0 Å². The van der Waals surface area contributed by atoms with Gasteiger partial charge in [0.15, 0.2) is 0 Å². The summed E-state index contributed by atoms with van der Waals surface area (Å²) in [5, 5.41) is 13.7. The molecule has 1 aromatic rings. The number of aromatic nitrogens is 1. The minimum atomic E-state index is -0.478. The van der Waals surface area contributed by atoms with Crippen LogP contribution in [0.15, 0.2) is 18.3 Å². The van der Waals surface area contributed by atoms with Gasteiger partial charge in [0.05, 0.1) is 0 Å². The smallest absolute Gasteiger partial charge is 0.375 e. The molecule has 1 unspecified atom stereocenters. The maximum Gasteiger partial charge on any atom is 0.386 e. The number of rotatable bonds is 5. The Balaban J connectivity index is 2.79. The van der Waals surface area contributed by atoms with Crippen molar-refractivity contribution >= 4 is 23.3 Å². The van der Waals surface area contributed by atoms with Crippen LogP contribution >= 0.6 is 11.8 Å². The van der Waals surface area contributed by atoms with Crippen molar-refractivity contribution in [3.05, 3.63) is 28.4 Å². The fraction of sp³-hybridized carbons (Fsp3) is 0.444. The molecule has 1 N–H and O–H groups in total. The molecule has 0 amide bonds. The lowest BCUT2D eigenvalue weighted by Crippen LogP contribution is -2.18. The summed E-state index contributed by atoms with van der Waals surface area (Å²) in [7, 11) is 0. The summed E-state index contributed by atoms with van der Waals surface area (Å²) < 4.78 is 0. The first kappa shape index (κ1) is 11.8. The Morgan fingerprint density at radius 3 is 3.07 bits per heavy atom. The van der Waals surface area contributed by atoms with Crippen molar-refractivity contribution in [2.45, 2.75) is 13.0 Å². The van der Waals surface area contributed by atoms with E-state index in [4.69, 9.17) is 0 Å². The molecular formula is C9H13N3O2S. The monoisotopic (exact) mass is 227 g/mol. The average molecular weight is 227 g/mol. The van der Waals surface area contributed by atoms with Crippen LogP contribution in [-0.4, -0.2) is 28.0 Å². The SMILES string of the molecule is CSCC(C)Nc1cccnc1[N+](=O)[O-]. The van der Waals surface area contributed by atoms with E-state index in [0.29, 0.717) is 5.69 Å². The molecular weight excluding hydrogens is 214 g/mol. The van der Waals surface area contributed by atoms with Gasteiger partial charge in [-0.2, -0.15) is 11.8 Å². The van der Waals surface area contributed by atoms with E-state index in [9.17, 15) is 10.1 Å². The van der Waals surface area contributed by atoms with Crippen LogP contribution in [0, 0.1) is 10.1 Å². The van der Waals surface area contributed by atoms with Gasteiger partial charge in [-0.1, -0.05) is 0 Å². The maximum absolute atomic E-state index is 10.7. The van der Waals surface area contributed by atoms with E-state index < -0.39 is 4.92 Å². The van der Waals surface area contributed by atoms with E-state index in [1.54, 1.807) is 23.9 Å². The van der Waals surface area contributed by atoms with Gasteiger partial charge < -0.3 is 15.4 Å². The Labute approximate surface area is 92.4 Å². The molecule has 0 bridgehead atoms. The van der Waals surface area contributed by atoms with Crippen LogP contribution in [0.25, 0.3) is 0 Å². The molecule has 0 aliphatic rings. The Morgan fingerprint density at radius 2 is 2.47 bits per heavy atom. The fourth-order valence-electron chi connectivity index (χ4n) is 1.21. The number of thioether (sulfide) groups is 1. The summed E-state index contributed by atoms with van der Waals surface area (Å²) in [4.78, 5) is 13.9. The Kier molecular flexibility index (Phi) is 4.36. The van der Waals surface area contributed by atoms with Crippen LogP contribution in [-0.2, 0) is 0 Å². The summed E-state index contributed by atoms with van der Waals surface area (Å²) in [6, 6.07) is 3.53. The molecule has 1 atom stereocenters. The number of nitro groups is 1. The summed E-state index contributed by atoms with van der Waals surface area (Å²) in [5.41, 5.74) is 0.476. The molecule has 1 rings (SSSR count). The van der Waals surface area contributed by atoms with Gasteiger partial charge in [0.25, 0.3) is 0 Å². The molecule has 0 radical (unpaired) electrons. The van der Waals surface area contributed by atoms with Crippen LogP contribution in [0.4, 0.5) is 11.5 Å². The second-order valence-corrected chi connectivity index (χ2v) is 4.04. The number of hydrogen-bond donors (Lipinski definition) is 1. The van der Waals surface area contributed by atoms with Crippen LogP contribution in [0.3, 0.4) is 0 Å². The molecule has 6 heteroatoms. The van der Waals surface area contributed by atoms with E-state index in [1.807, 2.05) is 13.2 Å². The number of nitrogens with one attached hydrogen (secondary N) is 1. The maximum atomic E-state index is 10.7. The molecule has 0 saturated carbocycles. The van der Waals surface area contributed by atoms with Crippen molar-refractivity contribution in [1.29, 1.82) is 0 Å². The van der Waals surface area contributed by atoms with Crippen molar-refractivity contribution in [3.63, 3.8) is 0 Å². The largest absolute Gasteiger partial charge is 0.386 e. The van der Waals surface area contributed by atoms with Crippen LogP contribution < -0.4 is 5.32 Å². The summed E-state index contributed by atoms with van der Waals surface area (Å²) >= 11 is 1.69. The standard InChI is InChI=1S/C9H13N3O2S/c1-7(6-15-2)11-8-4-3-5-10-9(8)12(13)14/h3-5,7,11H,6H2,1-2H3. The second kappa shape index (κ2) is 5.55. The van der Waals surface area contributed by atoms with E-state index >= 15 is 0 Å². The lowest BCUT2D eigenvalue weighted by molar-refractivity contribution is -0.388. The molecule has 1 heterocycles. The number of nitrogens with zero attached hydrogens (tertiary/aromatic N) is 2. The van der Waals surface area contributed by atoms with E-state index in [-0.39, 0.29) is 11.9 Å². The Hall–Kier alpha value is -1.30. The second-order valence-electron chi connectivity index (χ2n) is 3.13. The van der Waals surface area contributed by atoms with Gasteiger partial charge in [-0.25, -0.2) is 0 Å². The van der Waals surface area contributed by atoms with Gasteiger partial charge in [-0.3, -0.25) is 0 Å². The molecule has 82 valence electrons. The van der Waals surface area contributed by atoms with E-state index in [2.05, 4.69) is 10.3 Å². The first-order valence-corrected chi connectivity index (χ1v) is 5.89. The fourth-order valence-corrected chi connectivity index (χ4v) is 1.80. The molecule has 15 heavy (non-hydrogen) atoms. The quantitative estimate of drug-likeness (QED) is 0.616. The van der Waals surface area contributed by atoms with Gasteiger partial charge in [-0.15, -0.1) is 0 Å². The van der Waals surface area contributed by atoms with Gasteiger partial charge in [0, 0.05) is 11.8 Å². The molecule has 0 aliphatic heterocycles. The highest BCUT2D eigenvalue weighted by atomic mass is 32.2. The normalized spacial score (nSPS) is 12.1. The van der Waals surface area contributed by atoms with Crippen LogP contribution in [0.5, 0.6) is 0 Å². The zero-order chi connectivity index (χ0) is 11.3. The highest BCUT2D eigenvalue weighted by Crippen LogP contribution is 2.21. The average Bonchev–Trinajstić information content (AvgIpc) is 2.18. The minimum absolute atomic E-state index is 0.120. The third-order valence-electron chi connectivity index (χ3n) is 1.78. The zero-order valence-corrected chi connectivity index (χ0v) is 9.45. The topological polar surface area (TPSA) is 68.1 Å². The molecule has 0 fully saturated rings. The summed E-state index contributed by atoms with van der Waals surface area (Å²) in [5.74, 6) is 0.775. The third kappa shape index (κ3) is 3.39.